The van der Waals surface area contributed by atoms with E-state index < -0.39 is 5.97 Å². The summed E-state index contributed by atoms with van der Waals surface area (Å²) in [6, 6.07) is 0. The minimum absolute atomic E-state index is 0.220. The first-order valence-electron chi connectivity index (χ1n) is 3.38. The van der Waals surface area contributed by atoms with Crippen LogP contribution >= 0.6 is 0 Å². The average Bonchev–Trinajstić information content (AvgIpc) is 2.07. The largest absolute Gasteiger partial charge is 0.461 e. The highest BCUT2D eigenvalue weighted by Crippen LogP contribution is 1.95. The Morgan fingerprint density at radius 1 is 1.91 bits per heavy atom. The van der Waals surface area contributed by atoms with E-state index >= 15 is 0 Å². The molecule has 11 heavy (non-hydrogen) atoms. The van der Waals surface area contributed by atoms with Crippen LogP contribution in [0.4, 0.5) is 0 Å². The Kier molecular flexibility index (Phi) is 2.66. The maximum Gasteiger partial charge on any atom is 0.360 e. The van der Waals surface area contributed by atoms with Gasteiger partial charge in [-0.2, -0.15) is 0 Å². The molecule has 1 aliphatic heterocycles. The van der Waals surface area contributed by atoms with Crippen molar-refractivity contribution in [2.24, 2.45) is 5.16 Å². The molecule has 0 saturated heterocycles. The molecular weight excluding hydrogens is 146 g/mol. The van der Waals surface area contributed by atoms with Gasteiger partial charge in [0.15, 0.2) is 5.71 Å². The second-order valence-corrected chi connectivity index (χ2v) is 1.90. The van der Waals surface area contributed by atoms with Gasteiger partial charge in [0.2, 0.25) is 0 Å². The van der Waals surface area contributed by atoms with E-state index in [4.69, 9.17) is 0 Å². The SMILES string of the molecule is CCOC(=O)C1=NOCC=C1. The van der Waals surface area contributed by atoms with E-state index in [9.17, 15) is 4.79 Å². The van der Waals surface area contributed by atoms with Gasteiger partial charge in [-0.25, -0.2) is 4.79 Å². The molecule has 0 aromatic carbocycles. The van der Waals surface area contributed by atoms with E-state index in [0.29, 0.717) is 13.2 Å². The summed E-state index contributed by atoms with van der Waals surface area (Å²) in [5, 5.41) is 3.50. The number of esters is 1. The molecule has 0 aromatic heterocycles. The van der Waals surface area contributed by atoms with Crippen molar-refractivity contribution in [2.75, 3.05) is 13.2 Å². The summed E-state index contributed by atoms with van der Waals surface area (Å²) < 4.78 is 4.68. The maximum absolute atomic E-state index is 10.9. The molecule has 0 N–H and O–H groups in total. The third-order valence-corrected chi connectivity index (χ3v) is 1.09. The fourth-order valence-electron chi connectivity index (χ4n) is 0.650. The van der Waals surface area contributed by atoms with Crippen LogP contribution in [0.3, 0.4) is 0 Å². The van der Waals surface area contributed by atoms with Crippen LogP contribution in [-0.2, 0) is 14.4 Å². The lowest BCUT2D eigenvalue weighted by Gasteiger charge is -2.04. The number of rotatable bonds is 2. The van der Waals surface area contributed by atoms with Crippen LogP contribution in [0.1, 0.15) is 6.92 Å². The fourth-order valence-corrected chi connectivity index (χ4v) is 0.650. The standard InChI is InChI=1S/C7H9NO3/c1-2-10-7(9)6-4-3-5-11-8-6/h3-4H,2,5H2,1H3. The molecular formula is C7H9NO3. The zero-order valence-corrected chi connectivity index (χ0v) is 6.24. The Morgan fingerprint density at radius 3 is 3.27 bits per heavy atom. The number of carbonyl (C=O) groups excluding carboxylic acids is 1. The van der Waals surface area contributed by atoms with Gasteiger partial charge in [0, 0.05) is 0 Å². The molecule has 0 atom stereocenters. The van der Waals surface area contributed by atoms with Gasteiger partial charge in [0.05, 0.1) is 6.61 Å². The van der Waals surface area contributed by atoms with E-state index in [1.54, 1.807) is 19.1 Å². The van der Waals surface area contributed by atoms with Crippen molar-refractivity contribution in [1.82, 2.24) is 0 Å². The van der Waals surface area contributed by atoms with Crippen LogP contribution in [0.15, 0.2) is 17.3 Å². The quantitative estimate of drug-likeness (QED) is 0.545. The summed E-state index contributed by atoms with van der Waals surface area (Å²) in [5.74, 6) is -0.441. The van der Waals surface area contributed by atoms with Crippen LogP contribution in [0.25, 0.3) is 0 Å². The topological polar surface area (TPSA) is 47.9 Å². The molecule has 4 heteroatoms. The number of ether oxygens (including phenoxy) is 1. The van der Waals surface area contributed by atoms with Crippen molar-refractivity contribution in [3.8, 4) is 0 Å². The van der Waals surface area contributed by atoms with Gasteiger partial charge < -0.3 is 9.57 Å². The Hall–Kier alpha value is -1.32. The predicted octanol–water partition coefficient (Wildman–Crippen LogP) is 0.492. The predicted molar refractivity (Wildman–Crippen MR) is 39.2 cm³/mol. The summed E-state index contributed by atoms with van der Waals surface area (Å²) in [4.78, 5) is 15.6. The van der Waals surface area contributed by atoms with Crippen LogP contribution in [0.5, 0.6) is 0 Å². The lowest BCUT2D eigenvalue weighted by Crippen LogP contribution is -2.17. The number of nitrogens with zero attached hydrogens (tertiary/aromatic N) is 1. The first-order chi connectivity index (χ1) is 5.34. The van der Waals surface area contributed by atoms with Gasteiger partial charge in [-0.3, -0.25) is 0 Å². The van der Waals surface area contributed by atoms with Gasteiger partial charge >= 0.3 is 5.97 Å². The zero-order chi connectivity index (χ0) is 8.10. The first kappa shape index (κ1) is 7.78. The molecule has 1 aliphatic rings. The van der Waals surface area contributed by atoms with Crippen LogP contribution in [-0.4, -0.2) is 24.9 Å². The maximum atomic E-state index is 10.9. The van der Waals surface area contributed by atoms with E-state index in [1.807, 2.05) is 0 Å². The van der Waals surface area contributed by atoms with Gasteiger partial charge in [0.1, 0.15) is 6.61 Å². The number of carbonyl (C=O) groups is 1. The van der Waals surface area contributed by atoms with Gasteiger partial charge in [0.25, 0.3) is 0 Å². The number of hydrogen-bond acceptors (Lipinski definition) is 4. The van der Waals surface area contributed by atoms with Crippen LogP contribution < -0.4 is 0 Å². The Bertz CT molecular complexity index is 208. The highest BCUT2D eigenvalue weighted by atomic mass is 16.6. The third kappa shape index (κ3) is 2.07. The fraction of sp³-hybridized carbons (Fsp3) is 0.429. The molecule has 0 radical (unpaired) electrons. The first-order valence-corrected chi connectivity index (χ1v) is 3.38. The smallest absolute Gasteiger partial charge is 0.360 e. The lowest BCUT2D eigenvalue weighted by atomic mass is 10.3. The molecule has 0 amide bonds. The van der Waals surface area contributed by atoms with Crippen molar-refractivity contribution in [2.45, 2.75) is 6.92 Å². The molecule has 1 heterocycles. The minimum Gasteiger partial charge on any atom is -0.461 e. The summed E-state index contributed by atoms with van der Waals surface area (Å²) in [7, 11) is 0. The Labute approximate surface area is 64.5 Å². The van der Waals surface area contributed by atoms with Crippen molar-refractivity contribution in [1.29, 1.82) is 0 Å². The molecule has 0 aromatic rings. The van der Waals surface area contributed by atoms with Crippen molar-refractivity contribution < 1.29 is 14.4 Å². The van der Waals surface area contributed by atoms with Crippen LogP contribution in [0, 0.1) is 0 Å². The number of hydrogen-bond donors (Lipinski definition) is 0. The molecule has 4 nitrogen and oxygen atoms in total. The summed E-state index contributed by atoms with van der Waals surface area (Å²) in [6.07, 6.45) is 3.29. The van der Waals surface area contributed by atoms with Gasteiger partial charge in [-0.05, 0) is 19.1 Å². The summed E-state index contributed by atoms with van der Waals surface area (Å²) in [6.45, 7) is 2.51. The average molecular weight is 155 g/mol. The molecule has 0 aliphatic carbocycles. The second-order valence-electron chi connectivity index (χ2n) is 1.90. The molecule has 60 valence electrons. The minimum atomic E-state index is -0.441. The molecule has 0 spiro atoms. The van der Waals surface area contributed by atoms with Crippen molar-refractivity contribution in [3.05, 3.63) is 12.2 Å². The molecule has 0 bridgehead atoms. The zero-order valence-electron chi connectivity index (χ0n) is 6.24. The number of oxime groups is 1. The van der Waals surface area contributed by atoms with E-state index in [2.05, 4.69) is 14.7 Å². The summed E-state index contributed by atoms with van der Waals surface area (Å²) in [5.41, 5.74) is 0.220. The van der Waals surface area contributed by atoms with E-state index in [-0.39, 0.29) is 5.71 Å². The highest BCUT2D eigenvalue weighted by molar-refractivity contribution is 6.41. The molecule has 0 saturated carbocycles. The van der Waals surface area contributed by atoms with E-state index in [0.717, 1.165) is 0 Å². The molecule has 1 rings (SSSR count). The third-order valence-electron chi connectivity index (χ3n) is 1.09. The Morgan fingerprint density at radius 2 is 2.73 bits per heavy atom. The van der Waals surface area contributed by atoms with Gasteiger partial charge in [-0.1, -0.05) is 5.16 Å². The van der Waals surface area contributed by atoms with Gasteiger partial charge in [-0.15, -0.1) is 0 Å². The van der Waals surface area contributed by atoms with Crippen molar-refractivity contribution >= 4 is 11.7 Å². The highest BCUT2D eigenvalue weighted by Gasteiger charge is 2.11. The van der Waals surface area contributed by atoms with Crippen LogP contribution in [0.2, 0.25) is 0 Å². The van der Waals surface area contributed by atoms with Crippen molar-refractivity contribution in [3.63, 3.8) is 0 Å². The lowest BCUT2D eigenvalue weighted by molar-refractivity contribution is -0.135. The molecule has 0 unspecified atom stereocenters. The normalized spacial score (nSPS) is 15.2. The monoisotopic (exact) mass is 155 g/mol. The second kappa shape index (κ2) is 3.75. The van der Waals surface area contributed by atoms with E-state index in [1.165, 1.54) is 0 Å². The Balaban J connectivity index is 2.52. The molecule has 0 fully saturated rings. The summed E-state index contributed by atoms with van der Waals surface area (Å²) >= 11 is 0.